The lowest BCUT2D eigenvalue weighted by molar-refractivity contribution is -0.133. The first kappa shape index (κ1) is 25.0. The lowest BCUT2D eigenvalue weighted by Gasteiger charge is -2.27. The smallest absolute Gasteiger partial charge is 0.322 e. The summed E-state index contributed by atoms with van der Waals surface area (Å²) in [5.74, 6) is -0.00630. The summed E-state index contributed by atoms with van der Waals surface area (Å²) in [4.78, 5) is 29.4. The van der Waals surface area contributed by atoms with Crippen LogP contribution in [0.4, 0.5) is 14.9 Å². The zero-order valence-corrected chi connectivity index (χ0v) is 19.7. The molecule has 34 heavy (non-hydrogen) atoms. The largest absolute Gasteiger partial charge is 0.467 e. The van der Waals surface area contributed by atoms with Crippen molar-refractivity contribution < 1.29 is 23.1 Å². The Kier molecular flexibility index (Phi) is 8.81. The maximum absolute atomic E-state index is 13.3. The number of urea groups is 1. The number of nitrogens with one attached hydrogen (secondary N) is 1. The molecule has 8 heteroatoms. The van der Waals surface area contributed by atoms with Crippen molar-refractivity contribution in [3.8, 4) is 0 Å². The minimum atomic E-state index is -0.390. The lowest BCUT2D eigenvalue weighted by atomic mass is 10.1. The summed E-state index contributed by atoms with van der Waals surface area (Å²) in [6.45, 7) is 4.74. The van der Waals surface area contributed by atoms with Crippen LogP contribution in [0, 0.1) is 19.7 Å². The average Bonchev–Trinajstić information content (AvgIpc) is 3.33. The van der Waals surface area contributed by atoms with Gasteiger partial charge in [0.15, 0.2) is 0 Å². The van der Waals surface area contributed by atoms with Crippen LogP contribution in [-0.2, 0) is 22.6 Å². The Morgan fingerprint density at radius 1 is 1.00 bits per heavy atom. The van der Waals surface area contributed by atoms with Gasteiger partial charge in [0.05, 0.1) is 19.4 Å². The number of aryl methyl sites for hydroxylation is 1. The summed E-state index contributed by atoms with van der Waals surface area (Å²) < 4.78 is 23.9. The summed E-state index contributed by atoms with van der Waals surface area (Å²) in [6.07, 6.45) is 1.54. The number of carbonyl (C=O) groups is 2. The molecule has 0 saturated heterocycles. The van der Waals surface area contributed by atoms with E-state index in [0.29, 0.717) is 11.4 Å². The van der Waals surface area contributed by atoms with Crippen LogP contribution in [0.15, 0.2) is 65.3 Å². The molecule has 2 aromatic carbocycles. The molecule has 0 radical (unpaired) electrons. The fourth-order valence-corrected chi connectivity index (χ4v) is 3.43. The number of ether oxygens (including phenoxy) is 1. The Balaban J connectivity index is 1.76. The number of benzene rings is 2. The number of carbonyl (C=O) groups excluding carboxylic acids is 2. The third-order valence-corrected chi connectivity index (χ3v) is 5.59. The van der Waals surface area contributed by atoms with Gasteiger partial charge in [0, 0.05) is 25.9 Å². The van der Waals surface area contributed by atoms with Crippen molar-refractivity contribution in [3.63, 3.8) is 0 Å². The van der Waals surface area contributed by atoms with E-state index in [1.807, 2.05) is 32.0 Å². The molecule has 180 valence electrons. The highest BCUT2D eigenvalue weighted by atomic mass is 19.1. The van der Waals surface area contributed by atoms with Crippen LogP contribution < -0.4 is 5.32 Å². The van der Waals surface area contributed by atoms with Gasteiger partial charge in [-0.05, 0) is 60.9 Å². The predicted octanol–water partition coefficient (Wildman–Crippen LogP) is 4.74. The van der Waals surface area contributed by atoms with Crippen LogP contribution >= 0.6 is 0 Å². The van der Waals surface area contributed by atoms with Gasteiger partial charge >= 0.3 is 6.03 Å². The van der Waals surface area contributed by atoms with E-state index in [2.05, 4.69) is 5.32 Å². The van der Waals surface area contributed by atoms with Crippen molar-refractivity contribution in [1.82, 2.24) is 9.80 Å². The molecule has 0 spiro atoms. The number of anilines is 1. The summed E-state index contributed by atoms with van der Waals surface area (Å²) in [5, 5.41) is 2.91. The number of methoxy groups -OCH3 is 1. The zero-order chi connectivity index (χ0) is 24.5. The number of nitrogens with zero attached hydrogens (tertiary/aromatic N) is 2. The van der Waals surface area contributed by atoms with E-state index in [-0.39, 0.29) is 50.5 Å². The van der Waals surface area contributed by atoms with Gasteiger partial charge < -0.3 is 24.3 Å². The molecule has 0 aliphatic heterocycles. The Morgan fingerprint density at radius 3 is 2.44 bits per heavy atom. The molecule has 0 aliphatic rings. The van der Waals surface area contributed by atoms with Gasteiger partial charge in [-0.3, -0.25) is 4.79 Å². The number of rotatable bonds is 10. The molecule has 0 fully saturated rings. The van der Waals surface area contributed by atoms with Gasteiger partial charge in [-0.1, -0.05) is 24.3 Å². The number of furan rings is 1. The van der Waals surface area contributed by atoms with Crippen LogP contribution in [0.25, 0.3) is 0 Å². The van der Waals surface area contributed by atoms with Gasteiger partial charge in [0.2, 0.25) is 5.91 Å². The summed E-state index contributed by atoms with van der Waals surface area (Å²) >= 11 is 0. The summed E-state index contributed by atoms with van der Waals surface area (Å²) in [7, 11) is 1.54. The van der Waals surface area contributed by atoms with Crippen LogP contribution in [-0.4, -0.2) is 48.5 Å². The van der Waals surface area contributed by atoms with Crippen LogP contribution in [0.5, 0.6) is 0 Å². The molecule has 1 heterocycles. The Morgan fingerprint density at radius 2 is 1.76 bits per heavy atom. The maximum Gasteiger partial charge on any atom is 0.322 e. The second-order valence-electron chi connectivity index (χ2n) is 8.05. The normalized spacial score (nSPS) is 10.7. The third-order valence-electron chi connectivity index (χ3n) is 5.59. The van der Waals surface area contributed by atoms with Crippen LogP contribution in [0.3, 0.4) is 0 Å². The molecule has 0 saturated carbocycles. The Labute approximate surface area is 199 Å². The third kappa shape index (κ3) is 6.92. The highest BCUT2D eigenvalue weighted by Crippen LogP contribution is 2.19. The zero-order valence-electron chi connectivity index (χ0n) is 19.7. The van der Waals surface area contributed by atoms with E-state index in [4.69, 9.17) is 9.15 Å². The second kappa shape index (κ2) is 12.0. The molecular formula is C26H30FN3O4. The maximum atomic E-state index is 13.3. The minimum Gasteiger partial charge on any atom is -0.467 e. The van der Waals surface area contributed by atoms with Crippen molar-refractivity contribution in [2.75, 3.05) is 32.1 Å². The van der Waals surface area contributed by atoms with E-state index in [0.717, 1.165) is 16.7 Å². The van der Waals surface area contributed by atoms with E-state index < -0.39 is 0 Å². The van der Waals surface area contributed by atoms with Crippen molar-refractivity contribution in [2.45, 2.75) is 26.9 Å². The quantitative estimate of drug-likeness (QED) is 0.467. The van der Waals surface area contributed by atoms with Gasteiger partial charge in [0.1, 0.15) is 18.1 Å². The molecule has 7 nitrogen and oxygen atoms in total. The van der Waals surface area contributed by atoms with Gasteiger partial charge in [-0.2, -0.15) is 0 Å². The second-order valence-corrected chi connectivity index (χ2v) is 8.05. The first-order chi connectivity index (χ1) is 16.4. The Bertz CT molecular complexity index is 1080. The van der Waals surface area contributed by atoms with Crippen molar-refractivity contribution in [3.05, 3.63) is 89.1 Å². The van der Waals surface area contributed by atoms with Crippen molar-refractivity contribution in [2.24, 2.45) is 0 Å². The van der Waals surface area contributed by atoms with Crippen LogP contribution in [0.2, 0.25) is 0 Å². The number of amides is 3. The van der Waals surface area contributed by atoms with E-state index in [9.17, 15) is 14.0 Å². The lowest BCUT2D eigenvalue weighted by Crippen LogP contribution is -2.45. The highest BCUT2D eigenvalue weighted by Gasteiger charge is 2.23. The van der Waals surface area contributed by atoms with E-state index in [1.54, 1.807) is 42.5 Å². The molecule has 3 aromatic rings. The fourth-order valence-electron chi connectivity index (χ4n) is 3.43. The van der Waals surface area contributed by atoms with Gasteiger partial charge in [0.25, 0.3) is 0 Å². The molecule has 0 aliphatic carbocycles. The van der Waals surface area contributed by atoms with E-state index >= 15 is 0 Å². The fraction of sp³-hybridized carbons (Fsp3) is 0.308. The number of hydrogen-bond acceptors (Lipinski definition) is 4. The molecule has 1 N–H and O–H groups in total. The van der Waals surface area contributed by atoms with Gasteiger partial charge in [-0.25, -0.2) is 9.18 Å². The van der Waals surface area contributed by atoms with Crippen molar-refractivity contribution in [1.29, 1.82) is 0 Å². The van der Waals surface area contributed by atoms with E-state index in [1.165, 1.54) is 17.0 Å². The molecule has 1 aromatic heterocycles. The topological polar surface area (TPSA) is 75.0 Å². The number of halogens is 1. The first-order valence-corrected chi connectivity index (χ1v) is 11.0. The van der Waals surface area contributed by atoms with Crippen LogP contribution in [0.1, 0.15) is 22.5 Å². The molecule has 0 unspecified atom stereocenters. The average molecular weight is 468 g/mol. The monoisotopic (exact) mass is 467 g/mol. The van der Waals surface area contributed by atoms with Gasteiger partial charge in [-0.15, -0.1) is 0 Å². The summed E-state index contributed by atoms with van der Waals surface area (Å²) in [6, 6.07) is 14.8. The predicted molar refractivity (Wildman–Crippen MR) is 128 cm³/mol. The first-order valence-electron chi connectivity index (χ1n) is 11.0. The standard InChI is InChI=1S/C26H30FN3O4/c1-19-6-4-8-24(20(19)2)28-26(32)29(13-15-33-3)18-25(31)30(17-23-7-5-14-34-23)16-21-9-11-22(27)12-10-21/h4-12,14H,13,15-18H2,1-3H3,(H,28,32). The molecule has 3 rings (SSSR count). The summed E-state index contributed by atoms with van der Waals surface area (Å²) in [5.41, 5.74) is 3.48. The minimum absolute atomic E-state index is 0.151. The molecule has 0 atom stereocenters. The SMILES string of the molecule is COCCN(CC(=O)N(Cc1ccc(F)cc1)Cc1ccco1)C(=O)Nc1cccc(C)c1C. The molecular weight excluding hydrogens is 437 g/mol. The highest BCUT2D eigenvalue weighted by molar-refractivity contribution is 5.93. The number of hydrogen-bond donors (Lipinski definition) is 1. The molecule has 3 amide bonds. The Hall–Kier alpha value is -3.65. The molecule has 0 bridgehead atoms. The van der Waals surface area contributed by atoms with Crippen molar-refractivity contribution >= 4 is 17.6 Å².